The number of nitrogens with one attached hydrogen (secondary N) is 1. The van der Waals surface area contributed by atoms with Gasteiger partial charge in [0, 0.05) is 40.9 Å². The highest BCUT2D eigenvalue weighted by Gasteiger charge is 2.31. The zero-order valence-corrected chi connectivity index (χ0v) is 22.7. The molecule has 36 heavy (non-hydrogen) atoms. The lowest BCUT2D eigenvalue weighted by Gasteiger charge is -2.32. The van der Waals surface area contributed by atoms with Crippen LogP contribution in [0.4, 0.5) is 0 Å². The van der Waals surface area contributed by atoms with Crippen LogP contribution >= 0.6 is 35.0 Å². The number of amides is 2. The van der Waals surface area contributed by atoms with E-state index in [1.807, 2.05) is 61.5 Å². The van der Waals surface area contributed by atoms with E-state index >= 15 is 0 Å². The number of rotatable bonds is 12. The van der Waals surface area contributed by atoms with Crippen molar-refractivity contribution in [2.45, 2.75) is 31.7 Å². The molecule has 0 aromatic heterocycles. The number of carbonyl (C=O) groups excluding carboxylic acids is 2. The summed E-state index contributed by atoms with van der Waals surface area (Å²) in [4.78, 5) is 28.4. The third-order valence-corrected chi connectivity index (χ3v) is 7.36. The highest BCUT2D eigenvalue weighted by molar-refractivity contribution is 7.99. The van der Waals surface area contributed by atoms with Gasteiger partial charge in [-0.15, -0.1) is 11.8 Å². The van der Waals surface area contributed by atoms with Gasteiger partial charge in [-0.05, 0) is 42.3 Å². The minimum Gasteiger partial charge on any atom is -0.497 e. The fraction of sp³-hybridized carbons (Fsp3) is 0.286. The number of likely N-dealkylation sites (N-methyl/N-ethyl adjacent to an activating group) is 1. The van der Waals surface area contributed by atoms with Crippen LogP contribution in [0.15, 0.2) is 72.8 Å². The molecule has 1 atom stereocenters. The number of benzene rings is 3. The second kappa shape index (κ2) is 14.2. The van der Waals surface area contributed by atoms with Gasteiger partial charge in [0.05, 0.1) is 12.9 Å². The van der Waals surface area contributed by atoms with Crippen LogP contribution in [0, 0.1) is 0 Å². The van der Waals surface area contributed by atoms with Crippen LogP contribution in [0.25, 0.3) is 0 Å². The summed E-state index contributed by atoms with van der Waals surface area (Å²) < 4.78 is 5.21. The average Bonchev–Trinajstić information content (AvgIpc) is 2.88. The molecule has 0 radical (unpaired) electrons. The van der Waals surface area contributed by atoms with E-state index in [1.54, 1.807) is 30.2 Å². The van der Waals surface area contributed by atoms with Crippen molar-refractivity contribution in [2.24, 2.45) is 0 Å². The Bertz CT molecular complexity index is 1120. The predicted octanol–water partition coefficient (Wildman–Crippen LogP) is 6.01. The number of hydrogen-bond donors (Lipinski definition) is 1. The minimum atomic E-state index is -0.714. The first-order valence-corrected chi connectivity index (χ1v) is 13.6. The van der Waals surface area contributed by atoms with Crippen molar-refractivity contribution in [3.63, 3.8) is 0 Å². The molecule has 3 aromatic rings. The lowest BCUT2D eigenvalue weighted by Crippen LogP contribution is -2.51. The molecule has 0 spiro atoms. The first kappa shape index (κ1) is 27.9. The molecular formula is C28H30Cl2N2O3S. The van der Waals surface area contributed by atoms with E-state index in [1.165, 1.54) is 11.8 Å². The molecule has 0 unspecified atom stereocenters. The van der Waals surface area contributed by atoms with Gasteiger partial charge >= 0.3 is 0 Å². The zero-order chi connectivity index (χ0) is 25.9. The van der Waals surface area contributed by atoms with Gasteiger partial charge in [-0.1, -0.05) is 71.7 Å². The monoisotopic (exact) mass is 544 g/mol. The maximum atomic E-state index is 13.6. The number of hydrogen-bond acceptors (Lipinski definition) is 4. The SMILES string of the molecule is CCNC(=O)[C@@H](Cc1ccccc1)N(Cc1c(Cl)cccc1Cl)C(=O)CSCc1ccc(OC)cc1. The summed E-state index contributed by atoms with van der Waals surface area (Å²) in [6.45, 7) is 2.46. The molecule has 2 amide bonds. The van der Waals surface area contributed by atoms with Crippen LogP contribution in [-0.4, -0.2) is 42.2 Å². The van der Waals surface area contributed by atoms with E-state index in [-0.39, 0.29) is 24.1 Å². The fourth-order valence-electron chi connectivity index (χ4n) is 3.76. The molecule has 0 saturated heterocycles. The molecule has 3 aromatic carbocycles. The number of thioether (sulfide) groups is 1. The minimum absolute atomic E-state index is 0.134. The molecule has 0 aliphatic heterocycles. The van der Waals surface area contributed by atoms with Crippen LogP contribution in [0.1, 0.15) is 23.6 Å². The van der Waals surface area contributed by atoms with Crippen molar-refractivity contribution in [3.05, 3.63) is 99.5 Å². The number of methoxy groups -OCH3 is 1. The van der Waals surface area contributed by atoms with Crippen LogP contribution in [0.3, 0.4) is 0 Å². The molecule has 8 heteroatoms. The molecule has 0 saturated carbocycles. The molecule has 0 fully saturated rings. The summed E-state index contributed by atoms with van der Waals surface area (Å²) >= 11 is 14.4. The first-order chi connectivity index (χ1) is 17.4. The Labute approximate surface area is 227 Å². The molecule has 0 bridgehead atoms. The summed E-state index contributed by atoms with van der Waals surface area (Å²) in [6.07, 6.45) is 0.379. The number of ether oxygens (including phenoxy) is 1. The van der Waals surface area contributed by atoms with Crippen molar-refractivity contribution in [2.75, 3.05) is 19.4 Å². The van der Waals surface area contributed by atoms with Gasteiger partial charge in [-0.25, -0.2) is 0 Å². The largest absolute Gasteiger partial charge is 0.497 e. The van der Waals surface area contributed by atoms with Crippen LogP contribution in [-0.2, 0) is 28.3 Å². The van der Waals surface area contributed by atoms with E-state index in [2.05, 4.69) is 5.32 Å². The van der Waals surface area contributed by atoms with Gasteiger partial charge in [0.25, 0.3) is 0 Å². The van der Waals surface area contributed by atoms with Gasteiger partial charge in [0.2, 0.25) is 11.8 Å². The molecule has 3 rings (SSSR count). The maximum Gasteiger partial charge on any atom is 0.243 e. The standard InChI is InChI=1S/C28H30Cl2N2O3S/c1-3-31-28(34)26(16-20-8-5-4-6-9-20)32(17-23-24(29)10-7-11-25(23)30)27(33)19-36-18-21-12-14-22(35-2)15-13-21/h4-15,26H,3,16-19H2,1-2H3,(H,31,34)/t26-/m1/s1. The Kier molecular flexibility index (Phi) is 11.0. The van der Waals surface area contributed by atoms with E-state index in [0.717, 1.165) is 16.9 Å². The van der Waals surface area contributed by atoms with E-state index < -0.39 is 6.04 Å². The summed E-state index contributed by atoms with van der Waals surface area (Å²) in [5.74, 6) is 1.28. The lowest BCUT2D eigenvalue weighted by atomic mass is 10.0. The van der Waals surface area contributed by atoms with Crippen molar-refractivity contribution in [1.29, 1.82) is 0 Å². The summed E-state index contributed by atoms with van der Waals surface area (Å²) in [6, 6.07) is 21.9. The normalized spacial score (nSPS) is 11.6. The highest BCUT2D eigenvalue weighted by atomic mass is 35.5. The van der Waals surface area contributed by atoms with Crippen molar-refractivity contribution in [3.8, 4) is 5.75 Å². The van der Waals surface area contributed by atoms with E-state index in [0.29, 0.717) is 34.3 Å². The van der Waals surface area contributed by atoms with Gasteiger partial charge in [-0.3, -0.25) is 9.59 Å². The predicted molar refractivity (Wildman–Crippen MR) is 149 cm³/mol. The van der Waals surface area contributed by atoms with E-state index in [4.69, 9.17) is 27.9 Å². The molecule has 5 nitrogen and oxygen atoms in total. The van der Waals surface area contributed by atoms with Gasteiger partial charge < -0.3 is 15.0 Å². The van der Waals surface area contributed by atoms with Crippen molar-refractivity contribution in [1.82, 2.24) is 10.2 Å². The average molecular weight is 546 g/mol. The number of carbonyl (C=O) groups is 2. The summed E-state index contributed by atoms with van der Waals surface area (Å²) in [5, 5.41) is 3.81. The Balaban J connectivity index is 1.85. The smallest absolute Gasteiger partial charge is 0.243 e. The third-order valence-electron chi connectivity index (χ3n) is 5.67. The molecule has 0 aliphatic rings. The topological polar surface area (TPSA) is 58.6 Å². The van der Waals surface area contributed by atoms with Gasteiger partial charge in [0.1, 0.15) is 11.8 Å². The van der Waals surface area contributed by atoms with Gasteiger partial charge in [-0.2, -0.15) is 0 Å². The molecule has 0 heterocycles. The molecule has 1 N–H and O–H groups in total. The van der Waals surface area contributed by atoms with Crippen LogP contribution in [0.5, 0.6) is 5.75 Å². The third kappa shape index (κ3) is 7.92. The maximum absolute atomic E-state index is 13.6. The van der Waals surface area contributed by atoms with Crippen LogP contribution in [0.2, 0.25) is 10.0 Å². The van der Waals surface area contributed by atoms with Crippen LogP contribution < -0.4 is 10.1 Å². The fourth-order valence-corrected chi connectivity index (χ4v) is 5.15. The molecule has 0 aliphatic carbocycles. The van der Waals surface area contributed by atoms with Crippen molar-refractivity contribution >= 4 is 46.8 Å². The Hall–Kier alpha value is -2.67. The Morgan fingerprint density at radius 1 is 0.944 bits per heavy atom. The first-order valence-electron chi connectivity index (χ1n) is 11.7. The summed E-state index contributed by atoms with van der Waals surface area (Å²) in [7, 11) is 1.63. The quantitative estimate of drug-likeness (QED) is 0.303. The molecule has 190 valence electrons. The Morgan fingerprint density at radius 3 is 2.22 bits per heavy atom. The molecular weight excluding hydrogens is 515 g/mol. The summed E-state index contributed by atoms with van der Waals surface area (Å²) in [5.41, 5.74) is 2.67. The van der Waals surface area contributed by atoms with E-state index in [9.17, 15) is 9.59 Å². The number of halogens is 2. The lowest BCUT2D eigenvalue weighted by molar-refractivity contribution is -0.139. The number of nitrogens with zero attached hydrogens (tertiary/aromatic N) is 1. The van der Waals surface area contributed by atoms with Crippen molar-refractivity contribution < 1.29 is 14.3 Å². The zero-order valence-electron chi connectivity index (χ0n) is 20.4. The Morgan fingerprint density at radius 2 is 1.61 bits per heavy atom. The van der Waals surface area contributed by atoms with Gasteiger partial charge in [0.15, 0.2) is 0 Å². The second-order valence-electron chi connectivity index (χ2n) is 8.16. The highest BCUT2D eigenvalue weighted by Crippen LogP contribution is 2.28. The second-order valence-corrected chi connectivity index (χ2v) is 9.96.